The standard InChI is InChI=1S/C15H16ClN3O2S/c16-12-4-3-5-14(10-12)22(20,21)18-13-6-7-15(17-11-13)19-8-1-2-9-19/h3-7,10-11,18H,1-2,8-9H2. The molecule has 116 valence electrons. The Bertz CT molecular complexity index is 757. The molecule has 1 aliphatic heterocycles. The number of benzene rings is 1. The molecule has 0 unspecified atom stereocenters. The lowest BCUT2D eigenvalue weighted by Crippen LogP contribution is -2.19. The van der Waals surface area contributed by atoms with Crippen LogP contribution in [0.4, 0.5) is 11.5 Å². The van der Waals surface area contributed by atoms with Crippen LogP contribution in [-0.4, -0.2) is 26.5 Å². The summed E-state index contributed by atoms with van der Waals surface area (Å²) >= 11 is 5.84. The number of halogens is 1. The van der Waals surface area contributed by atoms with Crippen LogP contribution in [0.15, 0.2) is 47.5 Å². The van der Waals surface area contributed by atoms with Gasteiger partial charge in [0.25, 0.3) is 10.0 Å². The Morgan fingerprint density at radius 2 is 1.91 bits per heavy atom. The van der Waals surface area contributed by atoms with Gasteiger partial charge in [-0.15, -0.1) is 0 Å². The molecule has 1 aromatic carbocycles. The summed E-state index contributed by atoms with van der Waals surface area (Å²) in [5, 5.41) is 0.380. The van der Waals surface area contributed by atoms with Gasteiger partial charge in [0.2, 0.25) is 0 Å². The summed E-state index contributed by atoms with van der Waals surface area (Å²) in [6.45, 7) is 2.00. The second kappa shape index (κ2) is 6.14. The minimum absolute atomic E-state index is 0.128. The molecule has 0 amide bonds. The van der Waals surface area contributed by atoms with Gasteiger partial charge < -0.3 is 4.90 Å². The van der Waals surface area contributed by atoms with Crippen molar-refractivity contribution in [2.45, 2.75) is 17.7 Å². The van der Waals surface area contributed by atoms with Gasteiger partial charge >= 0.3 is 0 Å². The Kier molecular flexibility index (Phi) is 4.22. The van der Waals surface area contributed by atoms with Crippen LogP contribution in [0.1, 0.15) is 12.8 Å². The molecule has 1 N–H and O–H groups in total. The third-order valence-corrected chi connectivity index (χ3v) is 5.15. The molecule has 0 bridgehead atoms. The summed E-state index contributed by atoms with van der Waals surface area (Å²) < 4.78 is 27.1. The van der Waals surface area contributed by atoms with E-state index >= 15 is 0 Å². The second-order valence-corrected chi connectivity index (χ2v) is 7.28. The molecule has 7 heteroatoms. The maximum atomic E-state index is 12.3. The summed E-state index contributed by atoms with van der Waals surface area (Å²) in [6.07, 6.45) is 3.88. The van der Waals surface area contributed by atoms with E-state index in [1.807, 2.05) is 6.07 Å². The van der Waals surface area contributed by atoms with Gasteiger partial charge in [-0.25, -0.2) is 13.4 Å². The third kappa shape index (κ3) is 3.34. The zero-order valence-corrected chi connectivity index (χ0v) is 13.4. The normalized spacial score (nSPS) is 15.0. The number of hydrogen-bond donors (Lipinski definition) is 1. The predicted molar refractivity (Wildman–Crippen MR) is 87.9 cm³/mol. The molecular weight excluding hydrogens is 322 g/mol. The molecule has 0 aliphatic carbocycles. The van der Waals surface area contributed by atoms with Crippen molar-refractivity contribution >= 4 is 33.1 Å². The van der Waals surface area contributed by atoms with Gasteiger partial charge in [0.05, 0.1) is 16.8 Å². The Balaban J connectivity index is 1.77. The van der Waals surface area contributed by atoms with E-state index in [-0.39, 0.29) is 4.90 Å². The fraction of sp³-hybridized carbons (Fsp3) is 0.267. The molecule has 3 rings (SSSR count). The number of nitrogens with zero attached hydrogens (tertiary/aromatic N) is 2. The van der Waals surface area contributed by atoms with Gasteiger partial charge in [-0.05, 0) is 43.2 Å². The van der Waals surface area contributed by atoms with Crippen molar-refractivity contribution in [1.82, 2.24) is 4.98 Å². The van der Waals surface area contributed by atoms with Crippen molar-refractivity contribution in [3.05, 3.63) is 47.6 Å². The van der Waals surface area contributed by atoms with Crippen LogP contribution in [0.5, 0.6) is 0 Å². The van der Waals surface area contributed by atoms with Gasteiger partial charge in [0.15, 0.2) is 0 Å². The van der Waals surface area contributed by atoms with E-state index in [0.29, 0.717) is 10.7 Å². The summed E-state index contributed by atoms with van der Waals surface area (Å²) in [4.78, 5) is 6.65. The molecular formula is C15H16ClN3O2S. The van der Waals surface area contributed by atoms with Crippen molar-refractivity contribution in [2.24, 2.45) is 0 Å². The summed E-state index contributed by atoms with van der Waals surface area (Å²) in [5.74, 6) is 0.878. The van der Waals surface area contributed by atoms with Crippen molar-refractivity contribution in [3.63, 3.8) is 0 Å². The van der Waals surface area contributed by atoms with E-state index in [1.54, 1.807) is 18.2 Å². The van der Waals surface area contributed by atoms with Crippen molar-refractivity contribution < 1.29 is 8.42 Å². The molecule has 1 aliphatic rings. The zero-order valence-electron chi connectivity index (χ0n) is 11.9. The van der Waals surface area contributed by atoms with Crippen molar-refractivity contribution in [2.75, 3.05) is 22.7 Å². The lowest BCUT2D eigenvalue weighted by molar-refractivity contribution is 0.601. The summed E-state index contributed by atoms with van der Waals surface area (Å²) in [5.41, 5.74) is 0.433. The molecule has 0 saturated carbocycles. The molecule has 0 radical (unpaired) electrons. The van der Waals surface area contributed by atoms with Gasteiger partial charge in [-0.2, -0.15) is 0 Å². The Labute approximate surface area is 135 Å². The summed E-state index contributed by atoms with van der Waals surface area (Å²) in [6, 6.07) is 9.71. The molecule has 1 aromatic heterocycles. The average molecular weight is 338 g/mol. The minimum atomic E-state index is -3.66. The van der Waals surface area contributed by atoms with Crippen LogP contribution < -0.4 is 9.62 Å². The molecule has 2 aromatic rings. The highest BCUT2D eigenvalue weighted by Gasteiger charge is 2.16. The SMILES string of the molecule is O=S(=O)(Nc1ccc(N2CCCC2)nc1)c1cccc(Cl)c1. The average Bonchev–Trinajstić information content (AvgIpc) is 3.02. The van der Waals surface area contributed by atoms with Crippen LogP contribution >= 0.6 is 11.6 Å². The van der Waals surface area contributed by atoms with Gasteiger partial charge in [-0.1, -0.05) is 17.7 Å². The molecule has 1 saturated heterocycles. The van der Waals surface area contributed by atoms with E-state index in [2.05, 4.69) is 14.6 Å². The van der Waals surface area contributed by atoms with E-state index in [4.69, 9.17) is 11.6 Å². The predicted octanol–water partition coefficient (Wildman–Crippen LogP) is 3.14. The van der Waals surface area contributed by atoms with Crippen LogP contribution in [-0.2, 0) is 10.0 Å². The van der Waals surface area contributed by atoms with E-state index in [1.165, 1.54) is 31.2 Å². The van der Waals surface area contributed by atoms with Crippen molar-refractivity contribution in [1.29, 1.82) is 0 Å². The monoisotopic (exact) mass is 337 g/mol. The molecule has 5 nitrogen and oxygen atoms in total. The number of nitrogens with one attached hydrogen (secondary N) is 1. The maximum Gasteiger partial charge on any atom is 0.261 e. The summed E-state index contributed by atoms with van der Waals surface area (Å²) in [7, 11) is -3.66. The first-order chi connectivity index (χ1) is 10.5. The maximum absolute atomic E-state index is 12.3. The number of rotatable bonds is 4. The fourth-order valence-electron chi connectivity index (χ4n) is 2.43. The van der Waals surface area contributed by atoms with Gasteiger partial charge in [-0.3, -0.25) is 4.72 Å². The zero-order chi connectivity index (χ0) is 15.6. The molecule has 2 heterocycles. The molecule has 0 atom stereocenters. The number of aromatic nitrogens is 1. The first-order valence-corrected chi connectivity index (χ1v) is 8.90. The largest absolute Gasteiger partial charge is 0.357 e. The Hall–Kier alpha value is -1.79. The highest BCUT2D eigenvalue weighted by Crippen LogP contribution is 2.22. The highest BCUT2D eigenvalue weighted by atomic mass is 35.5. The smallest absolute Gasteiger partial charge is 0.261 e. The third-order valence-electron chi connectivity index (χ3n) is 3.54. The first kappa shape index (κ1) is 15.1. The lowest BCUT2D eigenvalue weighted by Gasteiger charge is -2.16. The van der Waals surface area contributed by atoms with Crippen LogP contribution in [0, 0.1) is 0 Å². The fourth-order valence-corrected chi connectivity index (χ4v) is 3.77. The van der Waals surface area contributed by atoms with Crippen LogP contribution in [0.3, 0.4) is 0 Å². The van der Waals surface area contributed by atoms with Crippen LogP contribution in [0.2, 0.25) is 5.02 Å². The molecule has 0 spiro atoms. The quantitative estimate of drug-likeness (QED) is 0.931. The number of sulfonamides is 1. The Morgan fingerprint density at radius 1 is 1.14 bits per heavy atom. The van der Waals surface area contributed by atoms with Crippen molar-refractivity contribution in [3.8, 4) is 0 Å². The van der Waals surface area contributed by atoms with Gasteiger partial charge in [0, 0.05) is 18.1 Å². The highest BCUT2D eigenvalue weighted by molar-refractivity contribution is 7.92. The van der Waals surface area contributed by atoms with E-state index in [0.717, 1.165) is 18.9 Å². The molecule has 1 fully saturated rings. The Morgan fingerprint density at radius 3 is 2.55 bits per heavy atom. The van der Waals surface area contributed by atoms with Gasteiger partial charge in [0.1, 0.15) is 5.82 Å². The lowest BCUT2D eigenvalue weighted by atomic mass is 10.4. The first-order valence-electron chi connectivity index (χ1n) is 7.04. The van der Waals surface area contributed by atoms with E-state index < -0.39 is 10.0 Å². The number of pyridine rings is 1. The topological polar surface area (TPSA) is 62.3 Å². The van der Waals surface area contributed by atoms with Crippen LogP contribution in [0.25, 0.3) is 0 Å². The second-order valence-electron chi connectivity index (χ2n) is 5.16. The van der Waals surface area contributed by atoms with E-state index in [9.17, 15) is 8.42 Å². The number of hydrogen-bond acceptors (Lipinski definition) is 4. The minimum Gasteiger partial charge on any atom is -0.357 e. The number of anilines is 2. The molecule has 22 heavy (non-hydrogen) atoms.